The Labute approximate surface area is 197 Å². The van der Waals surface area contributed by atoms with Crippen LogP contribution in [0, 0.1) is 17.3 Å². The zero-order valence-electron chi connectivity index (χ0n) is 19.2. The number of ketones is 1. The van der Waals surface area contributed by atoms with Crippen LogP contribution in [0.5, 0.6) is 0 Å². The van der Waals surface area contributed by atoms with Gasteiger partial charge in [-0.3, -0.25) is 4.79 Å². The summed E-state index contributed by atoms with van der Waals surface area (Å²) in [6.45, 7) is 8.97. The van der Waals surface area contributed by atoms with Gasteiger partial charge < -0.3 is 14.5 Å². The Morgan fingerprint density at radius 2 is 1.94 bits per heavy atom. The van der Waals surface area contributed by atoms with Gasteiger partial charge in [0.1, 0.15) is 5.60 Å². The minimum absolute atomic E-state index is 0.0349. The van der Waals surface area contributed by atoms with E-state index in [0.717, 1.165) is 35.7 Å². The van der Waals surface area contributed by atoms with Crippen molar-refractivity contribution in [2.45, 2.75) is 82.7 Å². The summed E-state index contributed by atoms with van der Waals surface area (Å²) in [6, 6.07) is 6.58. The fourth-order valence-corrected chi connectivity index (χ4v) is 8.76. The lowest BCUT2D eigenvalue weighted by Gasteiger charge is -2.61. The number of halogens is 1. The highest BCUT2D eigenvalue weighted by Gasteiger charge is 2.69. The largest absolute Gasteiger partial charge is 0.358 e. The summed E-state index contributed by atoms with van der Waals surface area (Å²) in [7, 11) is 0. The fraction of sp³-hybridized carbons (Fsp3) is 0.593. The second-order valence-electron chi connectivity index (χ2n) is 11.8. The van der Waals surface area contributed by atoms with Crippen molar-refractivity contribution < 1.29 is 14.3 Å². The molecule has 2 bridgehead atoms. The van der Waals surface area contributed by atoms with Crippen LogP contribution in [-0.2, 0) is 26.1 Å². The third kappa shape index (κ3) is 2.11. The maximum Gasteiger partial charge on any atom is 0.193 e. The van der Waals surface area contributed by atoms with Crippen molar-refractivity contribution in [3.05, 3.63) is 45.6 Å². The summed E-state index contributed by atoms with van der Waals surface area (Å²) in [5, 5.41) is 1.36. The van der Waals surface area contributed by atoms with Crippen LogP contribution in [-0.4, -0.2) is 28.3 Å². The maximum atomic E-state index is 13.1. The van der Waals surface area contributed by atoms with Crippen LogP contribution >= 0.6 is 15.9 Å². The second kappa shape index (κ2) is 5.79. The quantitative estimate of drug-likeness (QED) is 0.489. The third-order valence-electron chi connectivity index (χ3n) is 10.1. The lowest BCUT2D eigenvalue weighted by atomic mass is 9.44. The summed E-state index contributed by atoms with van der Waals surface area (Å²) >= 11 is 3.67. The molecule has 6 atom stereocenters. The van der Waals surface area contributed by atoms with Gasteiger partial charge >= 0.3 is 0 Å². The second-order valence-corrected chi connectivity index (χ2v) is 12.7. The van der Waals surface area contributed by atoms with Gasteiger partial charge in [-0.05, 0) is 92.2 Å². The molecule has 1 N–H and O–H groups in total. The number of rotatable bonds is 0. The molecule has 0 radical (unpaired) electrons. The molecule has 1 saturated heterocycles. The van der Waals surface area contributed by atoms with E-state index in [1.807, 2.05) is 19.9 Å². The molecule has 5 unspecified atom stereocenters. The predicted octanol–water partition coefficient (Wildman–Crippen LogP) is 5.97. The van der Waals surface area contributed by atoms with Crippen molar-refractivity contribution in [1.29, 1.82) is 0 Å². The molecule has 5 aliphatic rings. The smallest absolute Gasteiger partial charge is 0.193 e. The van der Waals surface area contributed by atoms with E-state index in [1.165, 1.54) is 28.6 Å². The molecular formula is C27H30BrNO3. The Kier molecular flexibility index (Phi) is 3.62. The van der Waals surface area contributed by atoms with Gasteiger partial charge in [0, 0.05) is 32.9 Å². The Bertz CT molecular complexity index is 1240. The monoisotopic (exact) mass is 495 g/mol. The summed E-state index contributed by atoms with van der Waals surface area (Å²) in [6.07, 6.45) is 6.71. The van der Waals surface area contributed by atoms with Crippen LogP contribution in [0.15, 0.2) is 34.3 Å². The van der Waals surface area contributed by atoms with E-state index in [9.17, 15) is 4.79 Å². The van der Waals surface area contributed by atoms with E-state index < -0.39 is 17.5 Å². The Balaban J connectivity index is 1.39. The van der Waals surface area contributed by atoms with Crippen LogP contribution in [0.4, 0.5) is 0 Å². The predicted molar refractivity (Wildman–Crippen MR) is 126 cm³/mol. The van der Waals surface area contributed by atoms with Gasteiger partial charge in [0.05, 0.1) is 0 Å². The van der Waals surface area contributed by atoms with Gasteiger partial charge in [-0.25, -0.2) is 0 Å². The highest BCUT2D eigenvalue weighted by atomic mass is 79.9. The molecule has 1 spiro atoms. The average Bonchev–Trinajstić information content (AvgIpc) is 3.31. The number of nitrogens with one attached hydrogen (secondary N) is 1. The standard InChI is InChI=1S/C27H30BrNO3/c1-24(2)23-21(30)13-19-18-7-5-14-11-17-16-12-15(28)6-8-20(16)29-22(17)26(14,4)25(18,3)9-10-27(19,31-23)32-24/h6,8,12-14,18,23,29H,5,7,9-11H2,1-4H3/t14?,18?,23?,25?,26-,27?/m1/s1. The van der Waals surface area contributed by atoms with Gasteiger partial charge in [-0.2, -0.15) is 0 Å². The van der Waals surface area contributed by atoms with Crippen molar-refractivity contribution in [1.82, 2.24) is 4.98 Å². The molecule has 1 aromatic carbocycles. The average molecular weight is 496 g/mol. The molecule has 0 amide bonds. The molecule has 168 valence electrons. The van der Waals surface area contributed by atoms with Crippen LogP contribution < -0.4 is 0 Å². The van der Waals surface area contributed by atoms with E-state index in [1.54, 1.807) is 0 Å². The Morgan fingerprint density at radius 1 is 1.12 bits per heavy atom. The zero-order chi connectivity index (χ0) is 22.3. The maximum absolute atomic E-state index is 13.1. The number of aromatic amines is 1. The molecule has 5 heteroatoms. The number of carbonyl (C=O) groups excluding carboxylic acids is 1. The molecule has 3 heterocycles. The molecule has 3 fully saturated rings. The molecule has 2 aromatic rings. The van der Waals surface area contributed by atoms with Crippen LogP contribution in [0.1, 0.15) is 64.6 Å². The minimum atomic E-state index is -0.706. The van der Waals surface area contributed by atoms with Gasteiger partial charge in [0.25, 0.3) is 0 Å². The number of fused-ring (bicyclic) bond motifs is 9. The van der Waals surface area contributed by atoms with E-state index in [4.69, 9.17) is 9.47 Å². The lowest BCUT2D eigenvalue weighted by molar-refractivity contribution is -0.205. The number of aromatic nitrogens is 1. The topological polar surface area (TPSA) is 51.3 Å². The first kappa shape index (κ1) is 20.0. The summed E-state index contributed by atoms with van der Waals surface area (Å²) in [4.78, 5) is 16.9. The number of benzene rings is 1. The van der Waals surface area contributed by atoms with Gasteiger partial charge in [0.2, 0.25) is 0 Å². The third-order valence-corrected chi connectivity index (χ3v) is 10.6. The SMILES string of the molecule is CC1(C)OC23CCC4(C)C(CCC5Cc6c([nH]c7ccc(Br)cc67)[C@@]54C)C2=CC(=O)C1O3. The first-order chi connectivity index (χ1) is 15.1. The lowest BCUT2D eigenvalue weighted by Crippen LogP contribution is -2.60. The molecular weight excluding hydrogens is 466 g/mol. The van der Waals surface area contributed by atoms with Crippen LogP contribution in [0.3, 0.4) is 0 Å². The number of hydrogen-bond acceptors (Lipinski definition) is 3. The number of carbonyl (C=O) groups is 1. The summed E-state index contributed by atoms with van der Waals surface area (Å²) < 4.78 is 14.1. The molecule has 32 heavy (non-hydrogen) atoms. The van der Waals surface area contributed by atoms with E-state index in [-0.39, 0.29) is 16.6 Å². The number of ether oxygens (including phenoxy) is 2. The Morgan fingerprint density at radius 3 is 2.75 bits per heavy atom. The molecule has 1 aromatic heterocycles. The van der Waals surface area contributed by atoms with E-state index in [0.29, 0.717) is 11.8 Å². The van der Waals surface area contributed by atoms with Crippen molar-refractivity contribution in [2.24, 2.45) is 17.3 Å². The molecule has 2 saturated carbocycles. The molecule has 2 aliphatic heterocycles. The molecule has 4 nitrogen and oxygen atoms in total. The molecule has 7 rings (SSSR count). The van der Waals surface area contributed by atoms with Crippen LogP contribution in [0.25, 0.3) is 10.9 Å². The first-order valence-electron chi connectivity index (χ1n) is 12.0. The van der Waals surface area contributed by atoms with Crippen molar-refractivity contribution >= 4 is 32.6 Å². The first-order valence-corrected chi connectivity index (χ1v) is 12.8. The summed E-state index contributed by atoms with van der Waals surface area (Å²) in [5.41, 5.74) is 4.78. The van der Waals surface area contributed by atoms with Gasteiger partial charge in [-0.1, -0.05) is 29.8 Å². The van der Waals surface area contributed by atoms with Crippen molar-refractivity contribution in [2.75, 3.05) is 0 Å². The number of H-pyrrole nitrogens is 1. The van der Waals surface area contributed by atoms with Crippen LogP contribution in [0.2, 0.25) is 0 Å². The summed E-state index contributed by atoms with van der Waals surface area (Å²) in [5.74, 6) is 0.289. The highest BCUT2D eigenvalue weighted by Crippen LogP contribution is 2.70. The van der Waals surface area contributed by atoms with Gasteiger partial charge in [-0.15, -0.1) is 0 Å². The normalized spacial score (nSPS) is 43.5. The zero-order valence-corrected chi connectivity index (χ0v) is 20.8. The number of hydrogen-bond donors (Lipinski definition) is 1. The highest BCUT2D eigenvalue weighted by molar-refractivity contribution is 9.10. The van der Waals surface area contributed by atoms with Gasteiger partial charge in [0.15, 0.2) is 17.7 Å². The molecule has 3 aliphatic carbocycles. The Hall–Kier alpha value is -1.43. The minimum Gasteiger partial charge on any atom is -0.358 e. The van der Waals surface area contributed by atoms with E-state index >= 15 is 0 Å². The fourth-order valence-electron chi connectivity index (χ4n) is 8.40. The van der Waals surface area contributed by atoms with E-state index in [2.05, 4.69) is 53.0 Å². The van der Waals surface area contributed by atoms with Crippen molar-refractivity contribution in [3.63, 3.8) is 0 Å². The van der Waals surface area contributed by atoms with Crippen molar-refractivity contribution in [3.8, 4) is 0 Å².